The molecule has 0 aliphatic rings. The summed E-state index contributed by atoms with van der Waals surface area (Å²) in [6, 6.07) is 5.28. The zero-order valence-electron chi connectivity index (χ0n) is 9.91. The zero-order valence-corrected chi connectivity index (χ0v) is 12.3. The van der Waals surface area contributed by atoms with Crippen molar-refractivity contribution in [2.45, 2.75) is 25.9 Å². The third kappa shape index (κ3) is 4.33. The Hall–Kier alpha value is -0.520. The van der Waals surface area contributed by atoms with Crippen LogP contribution in [0.5, 0.6) is 0 Å². The van der Waals surface area contributed by atoms with Crippen LogP contribution in [0, 0.1) is 5.82 Å². The lowest BCUT2D eigenvalue weighted by atomic mass is 10.1. The Kier molecular flexibility index (Phi) is 5.49. The Morgan fingerprint density at radius 1 is 1.59 bits per heavy atom. The van der Waals surface area contributed by atoms with Crippen LogP contribution in [0.2, 0.25) is 0 Å². The highest BCUT2D eigenvalue weighted by Gasteiger charge is 2.13. The summed E-state index contributed by atoms with van der Waals surface area (Å²) >= 11 is 8.14. The Bertz CT molecular complexity index is 411. The van der Waals surface area contributed by atoms with E-state index in [9.17, 15) is 4.39 Å². The van der Waals surface area contributed by atoms with Gasteiger partial charge in [-0.25, -0.2) is 4.39 Å². The number of benzene rings is 1. The van der Waals surface area contributed by atoms with Gasteiger partial charge in [-0.15, -0.1) is 0 Å². The van der Waals surface area contributed by atoms with Gasteiger partial charge < -0.3 is 5.73 Å². The number of hydrogen-bond acceptors (Lipinski definition) is 2. The summed E-state index contributed by atoms with van der Waals surface area (Å²) in [7, 11) is 1.97. The average Bonchev–Trinajstić information content (AvgIpc) is 2.23. The molecule has 17 heavy (non-hydrogen) atoms. The molecule has 0 amide bonds. The zero-order chi connectivity index (χ0) is 13.0. The van der Waals surface area contributed by atoms with Crippen molar-refractivity contribution in [2.75, 3.05) is 7.05 Å². The fourth-order valence-corrected chi connectivity index (χ4v) is 2.17. The van der Waals surface area contributed by atoms with Crippen molar-refractivity contribution in [3.05, 3.63) is 34.1 Å². The quantitative estimate of drug-likeness (QED) is 0.846. The van der Waals surface area contributed by atoms with Gasteiger partial charge in [0.25, 0.3) is 0 Å². The first-order valence-corrected chi connectivity index (χ1v) is 6.53. The molecule has 1 aromatic rings. The monoisotopic (exact) mass is 318 g/mol. The molecular formula is C12H16BrFN2S. The third-order valence-electron chi connectivity index (χ3n) is 2.70. The van der Waals surface area contributed by atoms with Crippen LogP contribution in [0.3, 0.4) is 0 Å². The molecule has 0 radical (unpaired) electrons. The summed E-state index contributed by atoms with van der Waals surface area (Å²) in [6.07, 6.45) is 0.665. The topological polar surface area (TPSA) is 29.3 Å². The second kappa shape index (κ2) is 6.42. The first-order chi connectivity index (χ1) is 7.91. The normalized spacial score (nSPS) is 12.8. The molecule has 1 unspecified atom stereocenters. The van der Waals surface area contributed by atoms with Crippen LogP contribution >= 0.6 is 28.1 Å². The van der Waals surface area contributed by atoms with Gasteiger partial charge in [0.05, 0.1) is 9.46 Å². The van der Waals surface area contributed by atoms with Crippen molar-refractivity contribution in [3.63, 3.8) is 0 Å². The van der Waals surface area contributed by atoms with Crippen molar-refractivity contribution in [3.8, 4) is 0 Å². The van der Waals surface area contributed by atoms with Crippen molar-refractivity contribution in [1.82, 2.24) is 4.90 Å². The second-order valence-electron chi connectivity index (χ2n) is 4.15. The number of halogens is 2. The van der Waals surface area contributed by atoms with Crippen molar-refractivity contribution in [1.29, 1.82) is 0 Å². The van der Waals surface area contributed by atoms with Gasteiger partial charge in [0.15, 0.2) is 0 Å². The van der Waals surface area contributed by atoms with E-state index in [2.05, 4.69) is 20.8 Å². The molecule has 2 N–H and O–H groups in total. The molecule has 0 fully saturated rings. The molecule has 0 saturated heterocycles. The lowest BCUT2D eigenvalue weighted by Crippen LogP contribution is -2.32. The van der Waals surface area contributed by atoms with E-state index in [0.717, 1.165) is 5.56 Å². The molecule has 0 spiro atoms. The number of thiocarbonyl (C=S) groups is 1. The molecule has 0 heterocycles. The maximum atomic E-state index is 13.3. The lowest BCUT2D eigenvalue weighted by Gasteiger charge is -2.24. The smallest absolute Gasteiger partial charge is 0.137 e. The van der Waals surface area contributed by atoms with E-state index < -0.39 is 0 Å². The summed E-state index contributed by atoms with van der Waals surface area (Å²) < 4.78 is 13.9. The Morgan fingerprint density at radius 3 is 2.82 bits per heavy atom. The highest BCUT2D eigenvalue weighted by molar-refractivity contribution is 9.10. The summed E-state index contributed by atoms with van der Waals surface area (Å²) in [6.45, 7) is 2.70. The van der Waals surface area contributed by atoms with Crippen molar-refractivity contribution >= 4 is 33.1 Å². The minimum atomic E-state index is -0.238. The van der Waals surface area contributed by atoms with Crippen LogP contribution in [0.15, 0.2) is 22.7 Å². The maximum absolute atomic E-state index is 13.3. The van der Waals surface area contributed by atoms with Crippen LogP contribution in [0.4, 0.5) is 4.39 Å². The van der Waals surface area contributed by atoms with E-state index in [0.29, 0.717) is 22.4 Å². The largest absolute Gasteiger partial charge is 0.393 e. The Balaban J connectivity index is 2.70. The fourth-order valence-electron chi connectivity index (χ4n) is 1.54. The molecule has 0 bridgehead atoms. The molecule has 0 saturated carbocycles. The summed E-state index contributed by atoms with van der Waals surface area (Å²) in [4.78, 5) is 2.60. The molecule has 0 aromatic heterocycles. The molecular weight excluding hydrogens is 303 g/mol. The van der Waals surface area contributed by atoms with Gasteiger partial charge in [-0.1, -0.05) is 24.4 Å². The minimum absolute atomic E-state index is 0.238. The van der Waals surface area contributed by atoms with Gasteiger partial charge in [0.2, 0.25) is 0 Å². The van der Waals surface area contributed by atoms with Gasteiger partial charge in [-0.3, -0.25) is 4.90 Å². The molecule has 94 valence electrons. The minimum Gasteiger partial charge on any atom is -0.393 e. The van der Waals surface area contributed by atoms with E-state index in [1.54, 1.807) is 6.07 Å². The van der Waals surface area contributed by atoms with Gasteiger partial charge in [-0.2, -0.15) is 0 Å². The van der Waals surface area contributed by atoms with E-state index in [1.807, 2.05) is 20.0 Å². The molecule has 0 aliphatic heterocycles. The maximum Gasteiger partial charge on any atom is 0.137 e. The van der Waals surface area contributed by atoms with Crippen molar-refractivity contribution < 1.29 is 4.39 Å². The van der Waals surface area contributed by atoms with E-state index in [-0.39, 0.29) is 11.9 Å². The van der Waals surface area contributed by atoms with Gasteiger partial charge >= 0.3 is 0 Å². The summed E-state index contributed by atoms with van der Waals surface area (Å²) in [5.74, 6) is -0.238. The standard InChI is InChI=1S/C12H16BrFN2S/c1-8(6-11(15)17)16(2)7-9-4-3-5-10(14)12(9)13/h3-5,8H,6-7H2,1-2H3,(H2,15,17). The first-order valence-electron chi connectivity index (χ1n) is 5.33. The highest BCUT2D eigenvalue weighted by atomic mass is 79.9. The van der Waals surface area contributed by atoms with Crippen LogP contribution in [-0.2, 0) is 6.54 Å². The van der Waals surface area contributed by atoms with Crippen LogP contribution in [0.1, 0.15) is 18.9 Å². The van der Waals surface area contributed by atoms with Gasteiger partial charge in [-0.05, 0) is 41.5 Å². The summed E-state index contributed by atoms with van der Waals surface area (Å²) in [5, 5.41) is 0. The van der Waals surface area contributed by atoms with Gasteiger partial charge in [0.1, 0.15) is 5.82 Å². The van der Waals surface area contributed by atoms with Crippen LogP contribution in [0.25, 0.3) is 0 Å². The molecule has 5 heteroatoms. The second-order valence-corrected chi connectivity index (χ2v) is 5.46. The number of rotatable bonds is 5. The molecule has 1 rings (SSSR count). The first kappa shape index (κ1) is 14.5. The fraction of sp³-hybridized carbons (Fsp3) is 0.417. The molecule has 1 atom stereocenters. The molecule has 1 aromatic carbocycles. The van der Waals surface area contributed by atoms with E-state index in [1.165, 1.54) is 6.07 Å². The lowest BCUT2D eigenvalue weighted by molar-refractivity contribution is 0.254. The SMILES string of the molecule is CC(CC(N)=S)N(C)Cc1cccc(F)c1Br. The van der Waals surface area contributed by atoms with Crippen LogP contribution in [-0.4, -0.2) is 23.0 Å². The highest BCUT2D eigenvalue weighted by Crippen LogP contribution is 2.22. The predicted octanol–water partition coefficient (Wildman–Crippen LogP) is 3.08. The number of nitrogens with zero attached hydrogens (tertiary/aromatic N) is 1. The molecule has 2 nitrogen and oxygen atoms in total. The average molecular weight is 319 g/mol. The number of nitrogens with two attached hydrogens (primary N) is 1. The third-order valence-corrected chi connectivity index (χ3v) is 3.76. The number of hydrogen-bond donors (Lipinski definition) is 1. The van der Waals surface area contributed by atoms with Gasteiger partial charge in [0, 0.05) is 19.0 Å². The predicted molar refractivity (Wildman–Crippen MR) is 76.4 cm³/mol. The van der Waals surface area contributed by atoms with E-state index in [4.69, 9.17) is 18.0 Å². The van der Waals surface area contributed by atoms with Crippen LogP contribution < -0.4 is 5.73 Å². The summed E-state index contributed by atoms with van der Waals surface area (Å²) in [5.41, 5.74) is 6.43. The Morgan fingerprint density at radius 2 is 2.24 bits per heavy atom. The van der Waals surface area contributed by atoms with E-state index >= 15 is 0 Å². The molecule has 0 aliphatic carbocycles. The van der Waals surface area contributed by atoms with Crippen molar-refractivity contribution in [2.24, 2.45) is 5.73 Å². The Labute approximate surface area is 115 Å².